The Hall–Kier alpha value is -4.07. The minimum atomic E-state index is -0.789. The molecule has 0 unspecified atom stereocenters. The molecule has 6 nitrogen and oxygen atoms in total. The summed E-state index contributed by atoms with van der Waals surface area (Å²) in [6.07, 6.45) is 0.989. The van der Waals surface area contributed by atoms with Gasteiger partial charge in [-0.1, -0.05) is 23.8 Å². The van der Waals surface area contributed by atoms with Crippen molar-refractivity contribution in [3.63, 3.8) is 0 Å². The van der Waals surface area contributed by atoms with Gasteiger partial charge in [-0.15, -0.1) is 0 Å². The van der Waals surface area contributed by atoms with Crippen molar-refractivity contribution >= 4 is 29.0 Å². The number of rotatable bonds is 5. The molecule has 8 heteroatoms. The summed E-state index contributed by atoms with van der Waals surface area (Å²) in [5, 5.41) is 13.3. The molecule has 3 aromatic rings. The number of nitrogens with one attached hydrogen (secondary N) is 3. The van der Waals surface area contributed by atoms with Gasteiger partial charge < -0.3 is 15.5 Å². The Morgan fingerprint density at radius 2 is 1.58 bits per heavy atom. The Labute approximate surface area is 189 Å². The Balaban J connectivity index is 1.53. The predicted molar refractivity (Wildman–Crippen MR) is 123 cm³/mol. The highest BCUT2D eigenvalue weighted by molar-refractivity contribution is 6.12. The van der Waals surface area contributed by atoms with Gasteiger partial charge in [0.2, 0.25) is 0 Å². The van der Waals surface area contributed by atoms with E-state index in [1.807, 2.05) is 24.0 Å². The van der Waals surface area contributed by atoms with Crippen LogP contribution in [0.2, 0.25) is 0 Å². The Morgan fingerprint density at radius 3 is 2.21 bits per heavy atom. The fourth-order valence-electron chi connectivity index (χ4n) is 3.41. The molecule has 3 N–H and O–H groups in total. The van der Waals surface area contributed by atoms with Crippen LogP contribution in [-0.2, 0) is 0 Å². The summed E-state index contributed by atoms with van der Waals surface area (Å²) in [6.45, 7) is 3.41. The van der Waals surface area contributed by atoms with Gasteiger partial charge in [-0.05, 0) is 55.8 Å². The molecule has 1 fully saturated rings. The van der Waals surface area contributed by atoms with Crippen LogP contribution in [0.5, 0.6) is 0 Å². The highest BCUT2D eigenvalue weighted by atomic mass is 19.1. The van der Waals surface area contributed by atoms with Crippen LogP contribution in [0, 0.1) is 24.0 Å². The molecule has 2 amide bonds. The number of anilines is 2. The second-order valence-electron chi connectivity index (χ2n) is 7.85. The van der Waals surface area contributed by atoms with E-state index < -0.39 is 23.4 Å². The van der Waals surface area contributed by atoms with E-state index in [1.165, 1.54) is 18.2 Å². The van der Waals surface area contributed by atoms with Crippen LogP contribution in [0.25, 0.3) is 0 Å². The van der Waals surface area contributed by atoms with Crippen molar-refractivity contribution in [3.05, 3.63) is 94.6 Å². The number of carbonyl (C=O) groups is 2. The average molecular weight is 448 g/mol. The summed E-state index contributed by atoms with van der Waals surface area (Å²) in [5.41, 5.74) is 1.61. The summed E-state index contributed by atoms with van der Waals surface area (Å²) in [5.74, 6) is -2.64. The summed E-state index contributed by atoms with van der Waals surface area (Å²) in [4.78, 5) is 27.3. The molecular weight excluding hydrogens is 426 g/mol. The van der Waals surface area contributed by atoms with E-state index in [4.69, 9.17) is 5.41 Å². The number of amidine groups is 1. The summed E-state index contributed by atoms with van der Waals surface area (Å²) >= 11 is 0. The first-order valence-electron chi connectivity index (χ1n) is 10.4. The van der Waals surface area contributed by atoms with Gasteiger partial charge in [0.15, 0.2) is 0 Å². The van der Waals surface area contributed by atoms with Gasteiger partial charge in [0.1, 0.15) is 17.5 Å². The quantitative estimate of drug-likeness (QED) is 0.387. The monoisotopic (exact) mass is 448 g/mol. The lowest BCUT2D eigenvalue weighted by Gasteiger charge is -2.33. The third-order valence-corrected chi connectivity index (χ3v) is 5.44. The zero-order valence-electron chi connectivity index (χ0n) is 17.9. The van der Waals surface area contributed by atoms with E-state index in [1.54, 1.807) is 12.1 Å². The molecule has 1 saturated heterocycles. The van der Waals surface area contributed by atoms with Gasteiger partial charge in [0, 0.05) is 24.3 Å². The zero-order chi connectivity index (χ0) is 23.5. The number of nitrogens with zero attached hydrogens (tertiary/aromatic N) is 1. The smallest absolute Gasteiger partial charge is 0.258 e. The van der Waals surface area contributed by atoms with Crippen molar-refractivity contribution in [1.29, 1.82) is 5.41 Å². The van der Waals surface area contributed by atoms with Gasteiger partial charge in [0.25, 0.3) is 11.8 Å². The molecule has 1 aliphatic heterocycles. The largest absolute Gasteiger partial charge is 0.356 e. The Kier molecular flexibility index (Phi) is 6.17. The van der Waals surface area contributed by atoms with Crippen LogP contribution in [0.4, 0.5) is 20.2 Å². The first-order chi connectivity index (χ1) is 15.8. The Morgan fingerprint density at radius 1 is 0.879 bits per heavy atom. The maximum absolute atomic E-state index is 14.7. The molecule has 0 radical (unpaired) electrons. The molecule has 33 heavy (non-hydrogen) atoms. The number of amides is 2. The molecule has 0 aromatic heterocycles. The standard InChI is InChI=1S/C25H22F2N4O2/c1-15-3-7-18(8-4-15)29-25(33)20-14-17(26)6-10-22(20)30-24(32)19-9-5-16(13-21(19)27)23(28)31-11-2-12-31/h3-10,13-14,28H,2,11-12H2,1H3,(H,29,33)(H,30,32). The molecule has 0 atom stereocenters. The Bertz CT molecular complexity index is 1240. The molecule has 1 aliphatic rings. The molecular formula is C25H22F2N4O2. The molecule has 3 aromatic carbocycles. The number of likely N-dealkylation sites (tertiary alicyclic amines) is 1. The lowest BCUT2D eigenvalue weighted by molar-refractivity contribution is 0.102. The first-order valence-corrected chi connectivity index (χ1v) is 10.4. The molecule has 0 bridgehead atoms. The van der Waals surface area contributed by atoms with Crippen molar-refractivity contribution in [2.45, 2.75) is 13.3 Å². The topological polar surface area (TPSA) is 85.3 Å². The number of hydrogen-bond donors (Lipinski definition) is 3. The van der Waals surface area contributed by atoms with Crippen molar-refractivity contribution in [3.8, 4) is 0 Å². The number of benzene rings is 3. The van der Waals surface area contributed by atoms with Gasteiger partial charge >= 0.3 is 0 Å². The van der Waals surface area contributed by atoms with Gasteiger partial charge in [0.05, 0.1) is 16.8 Å². The van der Waals surface area contributed by atoms with Crippen LogP contribution in [0.3, 0.4) is 0 Å². The minimum absolute atomic E-state index is 0.0443. The molecule has 1 heterocycles. The van der Waals surface area contributed by atoms with E-state index >= 15 is 0 Å². The van der Waals surface area contributed by atoms with Crippen LogP contribution in [0.15, 0.2) is 60.7 Å². The molecule has 4 rings (SSSR count). The first kappa shape index (κ1) is 22.1. The normalized spacial score (nSPS) is 12.6. The van der Waals surface area contributed by atoms with Crippen LogP contribution >= 0.6 is 0 Å². The highest BCUT2D eigenvalue weighted by Crippen LogP contribution is 2.22. The van der Waals surface area contributed by atoms with Gasteiger partial charge in [-0.3, -0.25) is 15.0 Å². The van der Waals surface area contributed by atoms with Gasteiger partial charge in [-0.2, -0.15) is 0 Å². The lowest BCUT2D eigenvalue weighted by Crippen LogP contribution is -2.42. The minimum Gasteiger partial charge on any atom is -0.356 e. The van der Waals surface area contributed by atoms with Crippen molar-refractivity contribution in [1.82, 2.24) is 4.90 Å². The second kappa shape index (κ2) is 9.20. The fraction of sp³-hybridized carbons (Fsp3) is 0.160. The molecule has 0 aliphatic carbocycles. The van der Waals surface area contributed by atoms with Gasteiger partial charge in [-0.25, -0.2) is 8.78 Å². The lowest BCUT2D eigenvalue weighted by atomic mass is 10.1. The third kappa shape index (κ3) is 4.90. The van der Waals surface area contributed by atoms with E-state index in [9.17, 15) is 18.4 Å². The maximum atomic E-state index is 14.7. The number of halogens is 2. The van der Waals surface area contributed by atoms with E-state index in [0.717, 1.165) is 43.3 Å². The maximum Gasteiger partial charge on any atom is 0.258 e. The summed E-state index contributed by atoms with van der Waals surface area (Å²) in [6, 6.07) is 14.4. The zero-order valence-corrected chi connectivity index (χ0v) is 17.9. The molecule has 0 spiro atoms. The number of hydrogen-bond acceptors (Lipinski definition) is 3. The second-order valence-corrected chi connectivity index (χ2v) is 7.85. The van der Waals surface area contributed by atoms with Crippen molar-refractivity contribution in [2.75, 3.05) is 23.7 Å². The predicted octanol–water partition coefficient (Wildman–Crippen LogP) is 4.81. The number of aryl methyl sites for hydroxylation is 1. The average Bonchev–Trinajstić information content (AvgIpc) is 2.75. The van der Waals surface area contributed by atoms with Crippen molar-refractivity contribution < 1.29 is 18.4 Å². The summed E-state index contributed by atoms with van der Waals surface area (Å²) in [7, 11) is 0. The molecule has 0 saturated carbocycles. The fourth-order valence-corrected chi connectivity index (χ4v) is 3.41. The van der Waals surface area contributed by atoms with E-state index in [0.29, 0.717) is 11.3 Å². The summed E-state index contributed by atoms with van der Waals surface area (Å²) < 4.78 is 28.5. The third-order valence-electron chi connectivity index (χ3n) is 5.44. The molecule has 168 valence electrons. The van der Waals surface area contributed by atoms with Crippen LogP contribution in [-0.4, -0.2) is 35.6 Å². The van der Waals surface area contributed by atoms with E-state index in [-0.39, 0.29) is 22.6 Å². The van der Waals surface area contributed by atoms with E-state index in [2.05, 4.69) is 10.6 Å². The van der Waals surface area contributed by atoms with Crippen LogP contribution < -0.4 is 10.6 Å². The van der Waals surface area contributed by atoms with Crippen LogP contribution in [0.1, 0.15) is 38.3 Å². The van der Waals surface area contributed by atoms with Crippen molar-refractivity contribution in [2.24, 2.45) is 0 Å². The highest BCUT2D eigenvalue weighted by Gasteiger charge is 2.22. The SMILES string of the molecule is Cc1ccc(NC(=O)c2cc(F)ccc2NC(=O)c2ccc(C(=N)N3CCC3)cc2F)cc1. The number of carbonyl (C=O) groups excluding carboxylic acids is 2.